The number of nitrogens with zero attached hydrogens (tertiary/aromatic N) is 1. The van der Waals surface area contributed by atoms with Gasteiger partial charge in [-0.15, -0.1) is 0 Å². The van der Waals surface area contributed by atoms with E-state index in [2.05, 4.69) is 19.2 Å². The fourth-order valence-electron chi connectivity index (χ4n) is 5.28. The van der Waals surface area contributed by atoms with Crippen LogP contribution in [0, 0.1) is 5.41 Å². The summed E-state index contributed by atoms with van der Waals surface area (Å²) in [5.74, 6) is 0.867. The number of amides is 1. The maximum absolute atomic E-state index is 14.3. The van der Waals surface area contributed by atoms with Gasteiger partial charge < -0.3 is 14.8 Å². The maximum atomic E-state index is 14.3. The highest BCUT2D eigenvalue weighted by Gasteiger charge is 2.43. The first-order valence-electron chi connectivity index (χ1n) is 12.2. The number of hydrogen-bond donors (Lipinski definition) is 1. The monoisotopic (exact) mass is 516 g/mol. The lowest BCUT2D eigenvalue weighted by atomic mass is 9.73. The van der Waals surface area contributed by atoms with Crippen LogP contribution >= 0.6 is 11.6 Å². The molecule has 0 radical (unpaired) electrons. The molecule has 1 aliphatic heterocycles. The van der Waals surface area contributed by atoms with Gasteiger partial charge in [-0.1, -0.05) is 43.6 Å². The van der Waals surface area contributed by atoms with Crippen LogP contribution in [-0.2, 0) is 4.79 Å². The van der Waals surface area contributed by atoms with Gasteiger partial charge in [0, 0.05) is 28.3 Å². The lowest BCUT2D eigenvalue weighted by Crippen LogP contribution is -2.39. The molecule has 3 aromatic rings. The van der Waals surface area contributed by atoms with Crippen molar-refractivity contribution in [1.82, 2.24) is 0 Å². The second-order valence-corrected chi connectivity index (χ2v) is 10.6. The zero-order valence-corrected chi connectivity index (χ0v) is 22.1. The number of halogens is 1. The minimum Gasteiger partial charge on any atom is -0.493 e. The van der Waals surface area contributed by atoms with E-state index in [0.29, 0.717) is 46.2 Å². The van der Waals surface area contributed by atoms with E-state index in [1.54, 1.807) is 49.5 Å². The van der Waals surface area contributed by atoms with Gasteiger partial charge >= 0.3 is 0 Å². The van der Waals surface area contributed by atoms with Crippen LogP contribution in [0.1, 0.15) is 48.7 Å². The van der Waals surface area contributed by atoms with Gasteiger partial charge in [0.05, 0.1) is 31.6 Å². The molecule has 6 nitrogen and oxygen atoms in total. The molecule has 5 rings (SSSR count). The predicted octanol–water partition coefficient (Wildman–Crippen LogP) is 6.81. The highest BCUT2D eigenvalue weighted by Crippen LogP contribution is 2.49. The highest BCUT2D eigenvalue weighted by atomic mass is 35.5. The molecule has 1 unspecified atom stereocenters. The van der Waals surface area contributed by atoms with Crippen molar-refractivity contribution < 1.29 is 19.1 Å². The van der Waals surface area contributed by atoms with Crippen molar-refractivity contribution in [2.24, 2.45) is 5.41 Å². The van der Waals surface area contributed by atoms with Gasteiger partial charge in [-0.2, -0.15) is 0 Å². The number of allylic oxidation sites excluding steroid dienone is 1. The summed E-state index contributed by atoms with van der Waals surface area (Å²) < 4.78 is 11.1. The molecule has 1 aliphatic carbocycles. The number of benzene rings is 3. The smallest absolute Gasteiger partial charge is 0.259 e. The third-order valence-corrected chi connectivity index (χ3v) is 7.19. The van der Waals surface area contributed by atoms with Gasteiger partial charge in [0.1, 0.15) is 0 Å². The molecule has 0 saturated heterocycles. The summed E-state index contributed by atoms with van der Waals surface area (Å²) in [6, 6.07) is 19.3. The van der Waals surface area contributed by atoms with E-state index in [1.165, 1.54) is 0 Å². The maximum Gasteiger partial charge on any atom is 0.259 e. The molecular weight excluding hydrogens is 488 g/mol. The van der Waals surface area contributed by atoms with Crippen LogP contribution in [0.4, 0.5) is 11.4 Å². The number of para-hydroxylation sites is 2. The summed E-state index contributed by atoms with van der Waals surface area (Å²) in [6.45, 7) is 4.18. The van der Waals surface area contributed by atoms with Crippen molar-refractivity contribution in [3.63, 3.8) is 0 Å². The van der Waals surface area contributed by atoms with Crippen LogP contribution in [0.5, 0.6) is 11.5 Å². The molecule has 1 amide bonds. The van der Waals surface area contributed by atoms with Crippen LogP contribution in [0.3, 0.4) is 0 Å². The van der Waals surface area contributed by atoms with Crippen LogP contribution in [0.15, 0.2) is 78.0 Å². The highest BCUT2D eigenvalue weighted by molar-refractivity contribution is 6.30. The van der Waals surface area contributed by atoms with Crippen molar-refractivity contribution in [3.8, 4) is 11.5 Å². The molecule has 37 heavy (non-hydrogen) atoms. The van der Waals surface area contributed by atoms with E-state index in [1.807, 2.05) is 36.4 Å². The zero-order valence-electron chi connectivity index (χ0n) is 21.3. The Bertz CT molecular complexity index is 1410. The van der Waals surface area contributed by atoms with E-state index in [0.717, 1.165) is 16.9 Å². The van der Waals surface area contributed by atoms with E-state index < -0.39 is 6.04 Å². The topological polar surface area (TPSA) is 67.9 Å². The fourth-order valence-corrected chi connectivity index (χ4v) is 5.41. The number of rotatable bonds is 4. The first-order valence-corrected chi connectivity index (χ1v) is 12.5. The van der Waals surface area contributed by atoms with Gasteiger partial charge in [-0.05, 0) is 65.9 Å². The SMILES string of the molecule is COc1ccc(C2C3=C(CC(C)(C)CC3=O)Nc3ccccc3N2C(=O)c2ccc(Cl)cc2)cc1OC. The standard InChI is InChI=1S/C30H29ClN2O4/c1-30(2)16-22-27(24(34)17-30)28(19-11-14-25(36-3)26(15-19)37-4)33(23-8-6-5-7-21(23)32-22)29(35)18-9-12-20(31)13-10-18/h5-15,28,32H,16-17H2,1-4H3. The minimum atomic E-state index is -0.683. The summed E-state index contributed by atoms with van der Waals surface area (Å²) in [5, 5.41) is 4.07. The summed E-state index contributed by atoms with van der Waals surface area (Å²) >= 11 is 6.12. The number of carbonyl (C=O) groups is 2. The molecule has 3 aromatic carbocycles. The number of methoxy groups -OCH3 is 2. The molecule has 0 fully saturated rings. The number of hydrogen-bond acceptors (Lipinski definition) is 5. The Morgan fingerprint density at radius 3 is 2.38 bits per heavy atom. The Hall–Kier alpha value is -3.77. The normalized spacial score (nSPS) is 18.4. The first kappa shape index (κ1) is 24.9. The van der Waals surface area contributed by atoms with E-state index in [4.69, 9.17) is 21.1 Å². The second-order valence-electron chi connectivity index (χ2n) is 10.2. The van der Waals surface area contributed by atoms with Crippen molar-refractivity contribution in [3.05, 3.63) is 94.1 Å². The third kappa shape index (κ3) is 4.58. The van der Waals surface area contributed by atoms with Crippen LogP contribution in [-0.4, -0.2) is 25.9 Å². The van der Waals surface area contributed by atoms with Crippen molar-refractivity contribution in [2.45, 2.75) is 32.7 Å². The lowest BCUT2D eigenvalue weighted by Gasteiger charge is -2.37. The largest absolute Gasteiger partial charge is 0.493 e. The quantitative estimate of drug-likeness (QED) is 0.412. The number of carbonyl (C=O) groups excluding carboxylic acids is 2. The molecule has 0 spiro atoms. The van der Waals surface area contributed by atoms with E-state index >= 15 is 0 Å². The molecule has 0 saturated carbocycles. The van der Waals surface area contributed by atoms with Crippen molar-refractivity contribution in [2.75, 3.05) is 24.4 Å². The molecule has 2 aliphatic rings. The minimum absolute atomic E-state index is 0.0141. The summed E-state index contributed by atoms with van der Waals surface area (Å²) in [5.41, 5.74) is 3.88. The van der Waals surface area contributed by atoms with Gasteiger partial charge in [-0.3, -0.25) is 14.5 Å². The summed E-state index contributed by atoms with van der Waals surface area (Å²) in [7, 11) is 3.15. The number of nitrogens with one attached hydrogen (secondary N) is 1. The van der Waals surface area contributed by atoms with Crippen LogP contribution in [0.2, 0.25) is 5.02 Å². The molecule has 0 bridgehead atoms. The fraction of sp³-hybridized carbons (Fsp3) is 0.267. The average Bonchev–Trinajstić information content (AvgIpc) is 3.02. The van der Waals surface area contributed by atoms with Gasteiger partial charge in [-0.25, -0.2) is 0 Å². The molecule has 1 atom stereocenters. The molecular formula is C30H29ClN2O4. The summed E-state index contributed by atoms with van der Waals surface area (Å²) in [4.78, 5) is 29.8. The molecule has 0 aromatic heterocycles. The Kier molecular flexibility index (Phi) is 6.46. The van der Waals surface area contributed by atoms with Gasteiger partial charge in [0.2, 0.25) is 0 Å². The summed E-state index contributed by atoms with van der Waals surface area (Å²) in [6.07, 6.45) is 1.06. The lowest BCUT2D eigenvalue weighted by molar-refractivity contribution is -0.118. The first-order chi connectivity index (χ1) is 17.7. The Labute approximate surface area is 221 Å². The third-order valence-electron chi connectivity index (χ3n) is 6.93. The number of ether oxygens (including phenoxy) is 2. The second kappa shape index (κ2) is 9.60. The predicted molar refractivity (Wildman–Crippen MR) is 146 cm³/mol. The van der Waals surface area contributed by atoms with E-state index in [9.17, 15) is 9.59 Å². The van der Waals surface area contributed by atoms with Crippen LogP contribution in [0.25, 0.3) is 0 Å². The number of fused-ring (bicyclic) bond motifs is 1. The molecule has 7 heteroatoms. The van der Waals surface area contributed by atoms with Gasteiger partial charge in [0.25, 0.3) is 5.91 Å². The van der Waals surface area contributed by atoms with Crippen molar-refractivity contribution >= 4 is 34.7 Å². The molecule has 1 N–H and O–H groups in total. The average molecular weight is 517 g/mol. The molecule has 1 heterocycles. The Morgan fingerprint density at radius 2 is 1.68 bits per heavy atom. The number of anilines is 2. The Balaban J connectivity index is 1.80. The number of ketones is 1. The van der Waals surface area contributed by atoms with E-state index in [-0.39, 0.29) is 17.1 Å². The van der Waals surface area contributed by atoms with Crippen LogP contribution < -0.4 is 19.7 Å². The molecule has 190 valence electrons. The van der Waals surface area contributed by atoms with Gasteiger partial charge in [0.15, 0.2) is 17.3 Å². The van der Waals surface area contributed by atoms with Crippen molar-refractivity contribution in [1.29, 1.82) is 0 Å². The number of Topliss-reactive ketones (excluding diaryl/α,β-unsaturated/α-hetero) is 1. The Morgan fingerprint density at radius 1 is 0.973 bits per heavy atom. The zero-order chi connectivity index (χ0) is 26.3.